The fourth-order valence-corrected chi connectivity index (χ4v) is 3.62. The number of nitrogens with one attached hydrogen (secondary N) is 1. The molecule has 1 unspecified atom stereocenters. The number of halogens is 3. The molecule has 5 nitrogen and oxygen atoms in total. The second-order valence-electron chi connectivity index (χ2n) is 7.06. The summed E-state index contributed by atoms with van der Waals surface area (Å²) < 4.78 is 5.26. The number of carbonyl (C=O) groups excluding carboxylic acids is 1. The minimum Gasteiger partial charge on any atom is -0.465 e. The van der Waals surface area contributed by atoms with E-state index < -0.39 is 6.10 Å². The molecule has 0 fully saturated rings. The van der Waals surface area contributed by atoms with Crippen LogP contribution in [0.2, 0.25) is 15.1 Å². The van der Waals surface area contributed by atoms with Crippen molar-refractivity contribution in [1.82, 2.24) is 5.32 Å². The molecule has 0 saturated carbocycles. The number of carbonyl (C=O) groups is 1. The molecular weight excluding hydrogens is 447 g/mol. The Bertz CT molecular complexity index is 833. The zero-order valence-electron chi connectivity index (χ0n) is 16.7. The maximum absolute atomic E-state index is 11.8. The zero-order valence-corrected chi connectivity index (χ0v) is 18.9. The van der Waals surface area contributed by atoms with Crippen LogP contribution >= 0.6 is 34.8 Å². The Morgan fingerprint density at radius 1 is 1.07 bits per heavy atom. The highest BCUT2D eigenvalue weighted by molar-refractivity contribution is 6.35. The Labute approximate surface area is 192 Å². The first kappa shape index (κ1) is 24.8. The second-order valence-corrected chi connectivity index (χ2v) is 8.31. The maximum atomic E-state index is 11.8. The molecule has 0 spiro atoms. The minimum atomic E-state index is -0.755. The van der Waals surface area contributed by atoms with Crippen LogP contribution in [0.1, 0.15) is 42.9 Å². The summed E-state index contributed by atoms with van der Waals surface area (Å²) in [5.74, 6) is -0.241. The number of nitrogen functional groups attached to an aromatic ring is 1. The van der Waals surface area contributed by atoms with E-state index in [9.17, 15) is 9.90 Å². The van der Waals surface area contributed by atoms with Crippen molar-refractivity contribution in [1.29, 1.82) is 0 Å². The molecule has 0 bridgehead atoms. The van der Waals surface area contributed by atoms with E-state index in [1.165, 1.54) is 0 Å². The van der Waals surface area contributed by atoms with Gasteiger partial charge in [0.1, 0.15) is 0 Å². The lowest BCUT2D eigenvalue weighted by Gasteiger charge is -2.15. The molecule has 164 valence electrons. The van der Waals surface area contributed by atoms with Crippen molar-refractivity contribution >= 4 is 46.5 Å². The number of unbranched alkanes of at least 4 members (excludes halogenated alkanes) is 3. The van der Waals surface area contributed by atoms with Gasteiger partial charge in [0.2, 0.25) is 0 Å². The first-order chi connectivity index (χ1) is 14.4. The van der Waals surface area contributed by atoms with Crippen LogP contribution in [0.4, 0.5) is 5.69 Å². The van der Waals surface area contributed by atoms with Crippen LogP contribution < -0.4 is 11.1 Å². The van der Waals surface area contributed by atoms with Gasteiger partial charge in [0.05, 0.1) is 29.8 Å². The Balaban J connectivity index is 1.51. The molecule has 8 heteroatoms. The maximum Gasteiger partial charge on any atom is 0.310 e. The van der Waals surface area contributed by atoms with Crippen molar-refractivity contribution < 1.29 is 14.6 Å². The van der Waals surface area contributed by atoms with Gasteiger partial charge in [-0.25, -0.2) is 0 Å². The number of aliphatic hydroxyl groups is 1. The molecule has 0 aliphatic heterocycles. The number of ether oxygens (including phenoxy) is 1. The van der Waals surface area contributed by atoms with Gasteiger partial charge in [-0.05, 0) is 49.2 Å². The van der Waals surface area contributed by atoms with Crippen LogP contribution in [-0.2, 0) is 16.0 Å². The number of esters is 1. The number of nitrogens with two attached hydrogens (primary N) is 1. The summed E-state index contributed by atoms with van der Waals surface area (Å²) in [5, 5.41) is 14.9. The number of hydrogen-bond acceptors (Lipinski definition) is 5. The fraction of sp³-hybridized carbons (Fsp3) is 0.409. The lowest BCUT2D eigenvalue weighted by Crippen LogP contribution is -2.22. The van der Waals surface area contributed by atoms with E-state index in [2.05, 4.69) is 5.32 Å². The Morgan fingerprint density at radius 2 is 1.83 bits per heavy atom. The fourth-order valence-electron chi connectivity index (χ4n) is 2.94. The van der Waals surface area contributed by atoms with Gasteiger partial charge in [-0.3, -0.25) is 4.79 Å². The van der Waals surface area contributed by atoms with Crippen LogP contribution in [0.5, 0.6) is 0 Å². The normalized spacial score (nSPS) is 12.0. The highest BCUT2D eigenvalue weighted by Gasteiger charge is 2.13. The van der Waals surface area contributed by atoms with Gasteiger partial charge in [0.15, 0.2) is 0 Å². The SMILES string of the molecule is Nc1cc(Cl)c(C(O)CNCCCCCCOC(=O)Cc2cccc(Cl)c2)cc1Cl. The van der Waals surface area contributed by atoms with Crippen LogP contribution in [0.3, 0.4) is 0 Å². The van der Waals surface area contributed by atoms with Crippen molar-refractivity contribution in [2.75, 3.05) is 25.4 Å². The highest BCUT2D eigenvalue weighted by Crippen LogP contribution is 2.30. The lowest BCUT2D eigenvalue weighted by molar-refractivity contribution is -0.142. The minimum absolute atomic E-state index is 0.232. The van der Waals surface area contributed by atoms with E-state index >= 15 is 0 Å². The number of benzene rings is 2. The van der Waals surface area contributed by atoms with Gasteiger partial charge in [-0.15, -0.1) is 0 Å². The second kappa shape index (κ2) is 13.0. The molecule has 0 saturated heterocycles. The van der Waals surface area contributed by atoms with Gasteiger partial charge >= 0.3 is 5.97 Å². The molecule has 1 atom stereocenters. The van der Waals surface area contributed by atoms with Crippen molar-refractivity contribution in [3.8, 4) is 0 Å². The predicted octanol–water partition coefficient (Wildman–Crippen LogP) is 5.20. The lowest BCUT2D eigenvalue weighted by atomic mass is 10.1. The Morgan fingerprint density at radius 3 is 2.60 bits per heavy atom. The topological polar surface area (TPSA) is 84.6 Å². The van der Waals surface area contributed by atoms with Gasteiger partial charge in [-0.1, -0.05) is 59.8 Å². The Kier molecular flexibility index (Phi) is 10.8. The number of anilines is 1. The standard InChI is InChI=1S/C22H27Cl3N2O3/c23-16-7-5-6-15(10-16)11-22(29)30-9-4-2-1-3-8-27-14-21(28)17-12-19(25)20(26)13-18(17)24/h5-7,10,12-13,21,27-28H,1-4,8-9,11,14,26H2. The van der Waals surface area contributed by atoms with Gasteiger partial charge in [0, 0.05) is 22.2 Å². The summed E-state index contributed by atoms with van der Waals surface area (Å²) in [6.07, 6.45) is 3.23. The first-order valence-corrected chi connectivity index (χ1v) is 11.0. The molecular formula is C22H27Cl3N2O3. The molecule has 0 aliphatic carbocycles. The van der Waals surface area contributed by atoms with Crippen LogP contribution in [0.15, 0.2) is 36.4 Å². The van der Waals surface area contributed by atoms with Crippen LogP contribution in [0.25, 0.3) is 0 Å². The number of aliphatic hydroxyl groups excluding tert-OH is 1. The predicted molar refractivity (Wildman–Crippen MR) is 123 cm³/mol. The van der Waals surface area contributed by atoms with Crippen molar-refractivity contribution in [2.45, 2.75) is 38.2 Å². The molecule has 2 aromatic carbocycles. The third kappa shape index (κ3) is 8.70. The van der Waals surface area contributed by atoms with Crippen molar-refractivity contribution in [3.63, 3.8) is 0 Å². The average molecular weight is 474 g/mol. The third-order valence-corrected chi connectivity index (χ3v) is 5.45. The zero-order chi connectivity index (χ0) is 21.9. The van der Waals surface area contributed by atoms with E-state index in [4.69, 9.17) is 45.3 Å². The average Bonchev–Trinajstić information content (AvgIpc) is 2.69. The molecule has 0 radical (unpaired) electrons. The van der Waals surface area contributed by atoms with E-state index in [-0.39, 0.29) is 12.4 Å². The summed E-state index contributed by atoms with van der Waals surface area (Å²) in [6.45, 7) is 1.56. The summed E-state index contributed by atoms with van der Waals surface area (Å²) in [5.41, 5.74) is 7.49. The number of hydrogen-bond donors (Lipinski definition) is 3. The summed E-state index contributed by atoms with van der Waals surface area (Å²) in [6, 6.07) is 10.4. The molecule has 30 heavy (non-hydrogen) atoms. The van der Waals surface area contributed by atoms with Gasteiger partial charge in [0.25, 0.3) is 0 Å². The van der Waals surface area contributed by atoms with Gasteiger partial charge < -0.3 is 20.9 Å². The summed E-state index contributed by atoms with van der Waals surface area (Å²) in [4.78, 5) is 11.8. The van der Waals surface area contributed by atoms with E-state index in [1.54, 1.807) is 24.3 Å². The molecule has 0 aliphatic rings. The van der Waals surface area contributed by atoms with Crippen LogP contribution in [0, 0.1) is 0 Å². The quantitative estimate of drug-likeness (QED) is 0.224. The largest absolute Gasteiger partial charge is 0.465 e. The van der Waals surface area contributed by atoms with E-state index in [0.717, 1.165) is 37.8 Å². The number of rotatable bonds is 12. The Hall–Kier alpha value is -1.50. The molecule has 4 N–H and O–H groups in total. The molecule has 0 aromatic heterocycles. The molecule has 0 heterocycles. The smallest absolute Gasteiger partial charge is 0.310 e. The van der Waals surface area contributed by atoms with E-state index in [0.29, 0.717) is 39.5 Å². The molecule has 2 aromatic rings. The molecule has 0 amide bonds. The summed E-state index contributed by atoms with van der Waals surface area (Å²) >= 11 is 18.0. The van der Waals surface area contributed by atoms with Crippen LogP contribution in [-0.4, -0.2) is 30.8 Å². The summed E-state index contributed by atoms with van der Waals surface area (Å²) in [7, 11) is 0. The van der Waals surface area contributed by atoms with Crippen molar-refractivity contribution in [2.24, 2.45) is 0 Å². The third-order valence-electron chi connectivity index (χ3n) is 4.56. The molecule has 2 rings (SSSR count). The first-order valence-electron chi connectivity index (χ1n) is 9.90. The highest BCUT2D eigenvalue weighted by atomic mass is 35.5. The van der Waals surface area contributed by atoms with E-state index in [1.807, 2.05) is 12.1 Å². The monoisotopic (exact) mass is 472 g/mol. The van der Waals surface area contributed by atoms with Gasteiger partial charge in [-0.2, -0.15) is 0 Å². The van der Waals surface area contributed by atoms with Crippen molar-refractivity contribution in [3.05, 3.63) is 62.6 Å².